The maximum absolute atomic E-state index is 11.4. The van der Waals surface area contributed by atoms with Crippen molar-refractivity contribution in [2.45, 2.75) is 6.54 Å². The van der Waals surface area contributed by atoms with Gasteiger partial charge in [-0.25, -0.2) is 0 Å². The summed E-state index contributed by atoms with van der Waals surface area (Å²) in [6.07, 6.45) is 0. The van der Waals surface area contributed by atoms with E-state index < -0.39 is 0 Å². The first kappa shape index (κ1) is 9.21. The number of carbonyl (C=O) groups excluding carboxylic acids is 1. The highest BCUT2D eigenvalue weighted by Gasteiger charge is 2.17. The average Bonchev–Trinajstić information content (AvgIpc) is 2.23. The van der Waals surface area contributed by atoms with Gasteiger partial charge in [0.1, 0.15) is 6.61 Å². The van der Waals surface area contributed by atoms with Crippen LogP contribution in [-0.4, -0.2) is 30.6 Å². The summed E-state index contributed by atoms with van der Waals surface area (Å²) >= 11 is 0. The molecular formula is C11H12NO2. The highest BCUT2D eigenvalue weighted by atomic mass is 16.5. The minimum absolute atomic E-state index is 0.0695. The normalized spacial score (nSPS) is 17.1. The molecule has 14 heavy (non-hydrogen) atoms. The zero-order chi connectivity index (χ0) is 9.80. The van der Waals surface area contributed by atoms with Gasteiger partial charge in [-0.1, -0.05) is 18.2 Å². The molecule has 1 saturated heterocycles. The molecule has 2 rings (SSSR count). The van der Waals surface area contributed by atoms with E-state index in [0.717, 1.165) is 5.56 Å². The molecule has 1 aromatic carbocycles. The van der Waals surface area contributed by atoms with Gasteiger partial charge < -0.3 is 9.64 Å². The zero-order valence-electron chi connectivity index (χ0n) is 7.90. The third-order valence-corrected chi connectivity index (χ3v) is 2.23. The Morgan fingerprint density at radius 3 is 3.21 bits per heavy atom. The maximum Gasteiger partial charge on any atom is 0.248 e. The lowest BCUT2D eigenvalue weighted by atomic mass is 10.2. The summed E-state index contributed by atoms with van der Waals surface area (Å²) in [5.74, 6) is 0.0695. The van der Waals surface area contributed by atoms with E-state index in [0.29, 0.717) is 19.7 Å². The molecule has 0 N–H and O–H groups in total. The van der Waals surface area contributed by atoms with Crippen molar-refractivity contribution in [1.82, 2.24) is 4.90 Å². The molecule has 0 saturated carbocycles. The number of benzene rings is 1. The van der Waals surface area contributed by atoms with E-state index >= 15 is 0 Å². The van der Waals surface area contributed by atoms with Gasteiger partial charge in [-0.15, -0.1) is 0 Å². The van der Waals surface area contributed by atoms with E-state index in [9.17, 15) is 4.79 Å². The van der Waals surface area contributed by atoms with Gasteiger partial charge in [0.25, 0.3) is 0 Å². The van der Waals surface area contributed by atoms with Crippen LogP contribution in [0.25, 0.3) is 0 Å². The Bertz CT molecular complexity index is 310. The van der Waals surface area contributed by atoms with Gasteiger partial charge >= 0.3 is 0 Å². The number of hydrogen-bond donors (Lipinski definition) is 0. The van der Waals surface area contributed by atoms with Crippen molar-refractivity contribution >= 4 is 5.91 Å². The number of hydrogen-bond acceptors (Lipinski definition) is 2. The van der Waals surface area contributed by atoms with Crippen LogP contribution in [0.15, 0.2) is 24.3 Å². The first-order valence-corrected chi connectivity index (χ1v) is 4.67. The predicted molar refractivity (Wildman–Crippen MR) is 51.5 cm³/mol. The Balaban J connectivity index is 2.00. The fourth-order valence-corrected chi connectivity index (χ4v) is 1.47. The van der Waals surface area contributed by atoms with Gasteiger partial charge in [-0.3, -0.25) is 4.79 Å². The van der Waals surface area contributed by atoms with E-state index in [1.807, 2.05) is 29.2 Å². The van der Waals surface area contributed by atoms with E-state index in [1.165, 1.54) is 0 Å². The molecule has 0 unspecified atom stereocenters. The van der Waals surface area contributed by atoms with Gasteiger partial charge in [0.05, 0.1) is 6.61 Å². The molecule has 0 spiro atoms. The van der Waals surface area contributed by atoms with Crippen molar-refractivity contribution in [2.75, 3.05) is 19.8 Å². The van der Waals surface area contributed by atoms with Crippen molar-refractivity contribution in [3.05, 3.63) is 35.9 Å². The van der Waals surface area contributed by atoms with E-state index in [1.54, 1.807) is 0 Å². The smallest absolute Gasteiger partial charge is 0.248 e. The summed E-state index contributed by atoms with van der Waals surface area (Å²) in [6, 6.07) is 10.7. The van der Waals surface area contributed by atoms with Crippen molar-refractivity contribution in [2.24, 2.45) is 0 Å². The highest BCUT2D eigenvalue weighted by Crippen LogP contribution is 2.06. The van der Waals surface area contributed by atoms with Crippen LogP contribution in [0.4, 0.5) is 0 Å². The molecule has 0 bridgehead atoms. The summed E-state index contributed by atoms with van der Waals surface area (Å²) < 4.78 is 5.05. The summed E-state index contributed by atoms with van der Waals surface area (Å²) in [5.41, 5.74) is 1.11. The van der Waals surface area contributed by atoms with Gasteiger partial charge in [-0.2, -0.15) is 0 Å². The molecule has 1 aromatic rings. The molecule has 3 nitrogen and oxygen atoms in total. The lowest BCUT2D eigenvalue weighted by Gasteiger charge is -2.26. The average molecular weight is 190 g/mol. The summed E-state index contributed by atoms with van der Waals surface area (Å²) in [4.78, 5) is 13.2. The number of amides is 1. The Hall–Kier alpha value is -1.35. The summed E-state index contributed by atoms with van der Waals surface area (Å²) in [5, 5.41) is 0. The van der Waals surface area contributed by atoms with Crippen molar-refractivity contribution in [1.29, 1.82) is 0 Å². The Morgan fingerprint density at radius 1 is 1.57 bits per heavy atom. The number of morpholine rings is 1. The first-order chi connectivity index (χ1) is 6.86. The minimum Gasteiger partial charge on any atom is -0.370 e. The molecule has 1 fully saturated rings. The molecule has 1 radical (unpaired) electrons. The third-order valence-electron chi connectivity index (χ3n) is 2.23. The molecule has 0 aromatic heterocycles. The van der Waals surface area contributed by atoms with Gasteiger partial charge in [-0.05, 0) is 17.7 Å². The highest BCUT2D eigenvalue weighted by molar-refractivity contribution is 5.77. The van der Waals surface area contributed by atoms with E-state index in [4.69, 9.17) is 4.74 Å². The number of rotatable bonds is 2. The topological polar surface area (TPSA) is 29.5 Å². The molecule has 1 heterocycles. The SMILES string of the molecule is O=C1COCCN1Cc1c[c]ccc1. The van der Waals surface area contributed by atoms with Crippen LogP contribution in [-0.2, 0) is 16.1 Å². The molecule has 1 aliphatic heterocycles. The van der Waals surface area contributed by atoms with Crippen LogP contribution in [0.2, 0.25) is 0 Å². The third kappa shape index (κ3) is 2.12. The van der Waals surface area contributed by atoms with Crippen LogP contribution in [0, 0.1) is 6.07 Å². The molecule has 1 aliphatic rings. The Kier molecular flexibility index (Phi) is 2.79. The van der Waals surface area contributed by atoms with Crippen LogP contribution in [0.3, 0.4) is 0 Å². The second kappa shape index (κ2) is 4.24. The van der Waals surface area contributed by atoms with E-state index in [-0.39, 0.29) is 12.5 Å². The fourth-order valence-electron chi connectivity index (χ4n) is 1.47. The second-order valence-corrected chi connectivity index (χ2v) is 3.28. The second-order valence-electron chi connectivity index (χ2n) is 3.28. The van der Waals surface area contributed by atoms with Crippen LogP contribution >= 0.6 is 0 Å². The predicted octanol–water partition coefficient (Wildman–Crippen LogP) is 0.846. The maximum atomic E-state index is 11.4. The lowest BCUT2D eigenvalue weighted by Crippen LogP contribution is -2.40. The van der Waals surface area contributed by atoms with Gasteiger partial charge in [0, 0.05) is 13.1 Å². The summed E-state index contributed by atoms with van der Waals surface area (Å²) in [7, 11) is 0. The molecule has 3 heteroatoms. The van der Waals surface area contributed by atoms with Crippen LogP contribution in [0.1, 0.15) is 5.56 Å². The van der Waals surface area contributed by atoms with Crippen molar-refractivity contribution < 1.29 is 9.53 Å². The first-order valence-electron chi connectivity index (χ1n) is 4.67. The molecule has 73 valence electrons. The molecular weight excluding hydrogens is 178 g/mol. The Labute approximate surface area is 83.3 Å². The number of ether oxygens (including phenoxy) is 1. The number of carbonyl (C=O) groups is 1. The van der Waals surface area contributed by atoms with E-state index in [2.05, 4.69) is 6.07 Å². The summed E-state index contributed by atoms with van der Waals surface area (Å²) in [6.45, 7) is 2.21. The quantitative estimate of drug-likeness (QED) is 0.691. The number of nitrogens with zero attached hydrogens (tertiary/aromatic N) is 1. The monoisotopic (exact) mass is 190 g/mol. The van der Waals surface area contributed by atoms with Crippen LogP contribution in [0.5, 0.6) is 0 Å². The van der Waals surface area contributed by atoms with Gasteiger partial charge in [0.2, 0.25) is 5.91 Å². The Morgan fingerprint density at radius 2 is 2.50 bits per heavy atom. The van der Waals surface area contributed by atoms with Crippen molar-refractivity contribution in [3.63, 3.8) is 0 Å². The van der Waals surface area contributed by atoms with Crippen LogP contribution < -0.4 is 0 Å². The molecule has 1 amide bonds. The molecule has 0 atom stereocenters. The minimum atomic E-state index is 0.0695. The lowest BCUT2D eigenvalue weighted by molar-refractivity contribution is -0.143. The molecule has 0 aliphatic carbocycles. The van der Waals surface area contributed by atoms with Gasteiger partial charge in [0.15, 0.2) is 0 Å². The largest absolute Gasteiger partial charge is 0.370 e. The zero-order valence-corrected chi connectivity index (χ0v) is 7.90. The standard InChI is InChI=1S/C11H12NO2/c13-11-9-14-7-6-12(11)8-10-4-2-1-3-5-10/h1-2,4-5H,6-9H2. The van der Waals surface area contributed by atoms with Crippen molar-refractivity contribution in [3.8, 4) is 0 Å². The fraction of sp³-hybridized carbons (Fsp3) is 0.364.